The van der Waals surface area contributed by atoms with E-state index in [4.69, 9.17) is 18.9 Å². The molecule has 0 aromatic heterocycles. The second-order valence-corrected chi connectivity index (χ2v) is 22.2. The predicted octanol–water partition coefficient (Wildman–Crippen LogP) is 10.5. The van der Waals surface area contributed by atoms with E-state index in [1.54, 1.807) is 0 Å². The van der Waals surface area contributed by atoms with Crippen molar-refractivity contribution in [2.24, 2.45) is 0 Å². The summed E-state index contributed by atoms with van der Waals surface area (Å²) in [6, 6.07) is -0.821. The van der Waals surface area contributed by atoms with E-state index < -0.39 is 86.8 Å². The molecule has 2 heterocycles. The number of carbonyl (C=O) groups excluding carboxylic acids is 1. The molecule has 2 rings (SSSR count). The lowest BCUT2D eigenvalue weighted by molar-refractivity contribution is -0.359. The van der Waals surface area contributed by atoms with Gasteiger partial charge in [0.2, 0.25) is 5.91 Å². The Kier molecular flexibility index (Phi) is 42.9. The van der Waals surface area contributed by atoms with Gasteiger partial charge in [-0.3, -0.25) is 4.79 Å². The van der Waals surface area contributed by atoms with Crippen LogP contribution in [-0.2, 0) is 23.7 Å². The van der Waals surface area contributed by atoms with Crippen LogP contribution in [0.3, 0.4) is 0 Å². The van der Waals surface area contributed by atoms with Gasteiger partial charge in [-0.25, -0.2) is 0 Å². The van der Waals surface area contributed by atoms with E-state index in [1.165, 1.54) is 199 Å². The van der Waals surface area contributed by atoms with Crippen LogP contribution in [0.25, 0.3) is 0 Å². The van der Waals surface area contributed by atoms with E-state index in [9.17, 15) is 45.6 Å². The van der Waals surface area contributed by atoms with Gasteiger partial charge < -0.3 is 65.1 Å². The molecule has 2 fully saturated rings. The third-order valence-corrected chi connectivity index (χ3v) is 15.6. The highest BCUT2D eigenvalue weighted by molar-refractivity contribution is 5.76. The first kappa shape index (κ1) is 68.1. The first-order chi connectivity index (χ1) is 35.6. The molecule has 0 bridgehead atoms. The van der Waals surface area contributed by atoms with E-state index in [0.29, 0.717) is 12.8 Å². The Balaban J connectivity index is 1.64. The molecule has 0 aliphatic carbocycles. The SMILES string of the molecule is CCCCCCCCCCCCCCCCCCCCCCCCCCCCCCC(=O)NC(COC1OC(CO)C(OC2OC(CO)C(O)C(O)C2O)C(O)C1O)C(O)CCCCCCCCCCCCC. The molecule has 9 N–H and O–H groups in total. The maximum Gasteiger partial charge on any atom is 0.220 e. The summed E-state index contributed by atoms with van der Waals surface area (Å²) in [7, 11) is 0. The fraction of sp³-hybridized carbons (Fsp3) is 0.983. The molecular weight excluding hydrogens is 931 g/mol. The topological polar surface area (TPSA) is 228 Å². The van der Waals surface area contributed by atoms with Gasteiger partial charge in [0.05, 0.1) is 32.0 Å². The lowest BCUT2D eigenvalue weighted by Gasteiger charge is -2.46. The molecule has 73 heavy (non-hydrogen) atoms. The third kappa shape index (κ3) is 31.9. The third-order valence-electron chi connectivity index (χ3n) is 15.6. The van der Waals surface area contributed by atoms with Crippen molar-refractivity contribution in [2.45, 2.75) is 351 Å². The van der Waals surface area contributed by atoms with Gasteiger partial charge in [0.15, 0.2) is 12.6 Å². The molecule has 0 spiro atoms. The molecule has 14 heteroatoms. The van der Waals surface area contributed by atoms with Gasteiger partial charge in [0, 0.05) is 6.42 Å². The van der Waals surface area contributed by atoms with Crippen LogP contribution in [0, 0.1) is 0 Å². The van der Waals surface area contributed by atoms with E-state index in [1.807, 2.05) is 0 Å². The number of hydrogen-bond acceptors (Lipinski definition) is 13. The van der Waals surface area contributed by atoms with Gasteiger partial charge >= 0.3 is 0 Å². The fourth-order valence-electron chi connectivity index (χ4n) is 10.6. The lowest BCUT2D eigenvalue weighted by atomic mass is 9.97. The molecule has 0 radical (unpaired) electrons. The minimum Gasteiger partial charge on any atom is -0.394 e. The molecule has 2 saturated heterocycles. The van der Waals surface area contributed by atoms with Crippen LogP contribution in [0.4, 0.5) is 0 Å². The molecule has 12 unspecified atom stereocenters. The summed E-state index contributed by atoms with van der Waals surface area (Å²) in [5.74, 6) is -0.201. The van der Waals surface area contributed by atoms with Crippen LogP contribution in [0.15, 0.2) is 0 Å². The summed E-state index contributed by atoms with van der Waals surface area (Å²) in [5, 5.41) is 87.1. The second-order valence-electron chi connectivity index (χ2n) is 22.2. The largest absolute Gasteiger partial charge is 0.394 e. The van der Waals surface area contributed by atoms with Crippen molar-refractivity contribution < 1.29 is 64.6 Å². The Morgan fingerprint density at radius 1 is 0.438 bits per heavy atom. The van der Waals surface area contributed by atoms with Gasteiger partial charge in [-0.05, 0) is 12.8 Å². The maximum atomic E-state index is 13.2. The predicted molar refractivity (Wildman–Crippen MR) is 291 cm³/mol. The molecule has 0 aromatic rings. The highest BCUT2D eigenvalue weighted by Gasteiger charge is 2.51. The summed E-state index contributed by atoms with van der Waals surface area (Å²) >= 11 is 0. The Labute approximate surface area is 444 Å². The summed E-state index contributed by atoms with van der Waals surface area (Å²) in [6.07, 6.45) is 34.2. The molecule has 1 amide bonds. The Morgan fingerprint density at radius 3 is 1.16 bits per heavy atom. The highest BCUT2D eigenvalue weighted by atomic mass is 16.7. The maximum absolute atomic E-state index is 13.2. The number of rotatable bonds is 50. The highest BCUT2D eigenvalue weighted by Crippen LogP contribution is 2.30. The normalized spacial score (nSPS) is 25.3. The number of aliphatic hydroxyl groups is 8. The monoisotopic (exact) mass is 1050 g/mol. The number of amides is 1. The zero-order chi connectivity index (χ0) is 53.2. The summed E-state index contributed by atoms with van der Waals surface area (Å²) in [6.45, 7) is 2.88. The fourth-order valence-corrected chi connectivity index (χ4v) is 10.6. The van der Waals surface area contributed by atoms with Crippen molar-refractivity contribution >= 4 is 5.91 Å². The quantitative estimate of drug-likeness (QED) is 0.0259. The van der Waals surface area contributed by atoms with Crippen molar-refractivity contribution in [3.63, 3.8) is 0 Å². The van der Waals surface area contributed by atoms with Crippen molar-refractivity contribution in [3.05, 3.63) is 0 Å². The number of carbonyl (C=O) groups is 1. The average molecular weight is 1050 g/mol. The number of aliphatic hydroxyl groups excluding tert-OH is 8. The van der Waals surface area contributed by atoms with Gasteiger partial charge in [0.1, 0.15) is 48.8 Å². The van der Waals surface area contributed by atoms with Crippen molar-refractivity contribution in [1.82, 2.24) is 5.32 Å². The Bertz CT molecular complexity index is 1230. The molecule has 0 saturated carbocycles. The standard InChI is InChI=1S/C59H115NO13/c1-3-5-7-9-11-13-15-16-17-18-19-20-21-22-23-24-25-26-27-28-29-30-31-33-35-37-39-41-43-51(64)60-47(48(63)42-40-38-36-34-32-14-12-10-8-6-4-2)46-70-58-56(69)54(67)57(50(45-62)72-58)73-59-55(68)53(66)52(65)49(44-61)71-59/h47-50,52-59,61-63,65-69H,3-46H2,1-2H3,(H,60,64). The molecule has 434 valence electrons. The van der Waals surface area contributed by atoms with Crippen LogP contribution in [0.1, 0.15) is 277 Å². The minimum absolute atomic E-state index is 0.201. The zero-order valence-corrected chi connectivity index (χ0v) is 46.7. The van der Waals surface area contributed by atoms with Crippen LogP contribution in [-0.4, -0.2) is 140 Å². The number of unbranched alkanes of at least 4 members (excludes halogenated alkanes) is 37. The smallest absolute Gasteiger partial charge is 0.220 e. The van der Waals surface area contributed by atoms with Crippen molar-refractivity contribution in [1.29, 1.82) is 0 Å². The second kappa shape index (κ2) is 46.0. The van der Waals surface area contributed by atoms with E-state index in [0.717, 1.165) is 51.4 Å². The summed E-state index contributed by atoms with van der Waals surface area (Å²) < 4.78 is 22.8. The van der Waals surface area contributed by atoms with Crippen LogP contribution >= 0.6 is 0 Å². The van der Waals surface area contributed by atoms with Gasteiger partial charge in [-0.15, -0.1) is 0 Å². The lowest BCUT2D eigenvalue weighted by Crippen LogP contribution is -2.65. The number of nitrogens with one attached hydrogen (secondary N) is 1. The summed E-state index contributed by atoms with van der Waals surface area (Å²) in [5.41, 5.74) is 0. The molecule has 12 atom stereocenters. The van der Waals surface area contributed by atoms with Crippen molar-refractivity contribution in [2.75, 3.05) is 19.8 Å². The zero-order valence-electron chi connectivity index (χ0n) is 46.7. The molecule has 2 aliphatic heterocycles. The van der Waals surface area contributed by atoms with Crippen LogP contribution < -0.4 is 5.32 Å². The first-order valence-corrected chi connectivity index (χ1v) is 30.8. The van der Waals surface area contributed by atoms with Crippen molar-refractivity contribution in [3.8, 4) is 0 Å². The minimum atomic E-state index is -1.78. The van der Waals surface area contributed by atoms with E-state index >= 15 is 0 Å². The van der Waals surface area contributed by atoms with Crippen LogP contribution in [0.5, 0.6) is 0 Å². The van der Waals surface area contributed by atoms with E-state index in [2.05, 4.69) is 19.2 Å². The van der Waals surface area contributed by atoms with Gasteiger partial charge in [-0.1, -0.05) is 258 Å². The Hall–Kier alpha value is -1.01. The molecular formula is C59H115NO13. The molecule has 2 aliphatic rings. The molecule has 0 aromatic carbocycles. The first-order valence-electron chi connectivity index (χ1n) is 30.8. The average Bonchev–Trinajstić information content (AvgIpc) is 3.39. The Morgan fingerprint density at radius 2 is 0.781 bits per heavy atom. The number of hydrogen-bond donors (Lipinski definition) is 9. The van der Waals surface area contributed by atoms with Gasteiger partial charge in [0.25, 0.3) is 0 Å². The van der Waals surface area contributed by atoms with Gasteiger partial charge in [-0.2, -0.15) is 0 Å². The van der Waals surface area contributed by atoms with Crippen LogP contribution in [0.2, 0.25) is 0 Å². The summed E-state index contributed by atoms with van der Waals surface area (Å²) in [4.78, 5) is 13.2. The number of ether oxygens (including phenoxy) is 4. The molecule has 14 nitrogen and oxygen atoms in total. The van der Waals surface area contributed by atoms with E-state index in [-0.39, 0.29) is 12.5 Å².